The zero-order chi connectivity index (χ0) is 20.3. The molecular formula is C22H24ClN3O2. The van der Waals surface area contributed by atoms with Crippen LogP contribution in [-0.2, 0) is 16.1 Å². The molecule has 1 atom stereocenters. The van der Waals surface area contributed by atoms with Crippen LogP contribution in [0.2, 0.25) is 5.02 Å². The quantitative estimate of drug-likeness (QED) is 0.582. The van der Waals surface area contributed by atoms with Gasteiger partial charge in [-0.3, -0.25) is 4.79 Å². The van der Waals surface area contributed by atoms with Crippen molar-refractivity contribution in [3.63, 3.8) is 0 Å². The Morgan fingerprint density at radius 3 is 2.86 bits per heavy atom. The average molecular weight is 398 g/mol. The fourth-order valence-electron chi connectivity index (χ4n) is 3.47. The van der Waals surface area contributed by atoms with E-state index in [9.17, 15) is 10.1 Å². The number of nitrogens with zero attached hydrogens (tertiary/aromatic N) is 2. The topological polar surface area (TPSA) is 67.0 Å². The van der Waals surface area contributed by atoms with Crippen LogP contribution in [0.15, 0.2) is 29.8 Å². The van der Waals surface area contributed by atoms with E-state index < -0.39 is 5.91 Å². The van der Waals surface area contributed by atoms with E-state index in [2.05, 4.69) is 9.88 Å². The second-order valence-electron chi connectivity index (χ2n) is 7.16. The number of carbonyl (C=O) groups is 1. The first kappa shape index (κ1) is 20.2. The first-order chi connectivity index (χ1) is 13.4. The fourth-order valence-corrected chi connectivity index (χ4v) is 3.64. The maximum atomic E-state index is 12.6. The Morgan fingerprint density at radius 1 is 1.39 bits per heavy atom. The number of nitriles is 1. The molecule has 0 aliphatic carbocycles. The summed E-state index contributed by atoms with van der Waals surface area (Å²) in [5.41, 5.74) is 4.50. The van der Waals surface area contributed by atoms with Gasteiger partial charge < -0.3 is 14.6 Å². The van der Waals surface area contributed by atoms with Gasteiger partial charge in [0.15, 0.2) is 0 Å². The largest absolute Gasteiger partial charge is 0.376 e. The summed E-state index contributed by atoms with van der Waals surface area (Å²) in [7, 11) is 0. The number of hydrogen-bond acceptors (Lipinski definition) is 3. The molecule has 5 nitrogen and oxygen atoms in total. The van der Waals surface area contributed by atoms with Crippen molar-refractivity contribution in [3.05, 3.63) is 57.4 Å². The highest BCUT2D eigenvalue weighted by Gasteiger charge is 2.19. The zero-order valence-electron chi connectivity index (χ0n) is 16.4. The number of nitrogens with one attached hydrogen (secondary N) is 1. The molecule has 0 radical (unpaired) electrons. The molecule has 0 bridgehead atoms. The highest BCUT2D eigenvalue weighted by atomic mass is 35.5. The molecule has 3 rings (SSSR count). The van der Waals surface area contributed by atoms with Gasteiger partial charge in [-0.05, 0) is 69.0 Å². The van der Waals surface area contributed by atoms with Crippen molar-refractivity contribution in [2.45, 2.75) is 46.3 Å². The number of carbonyl (C=O) groups excluding carboxylic acids is 1. The minimum Gasteiger partial charge on any atom is -0.376 e. The van der Waals surface area contributed by atoms with E-state index in [0.717, 1.165) is 48.5 Å². The number of benzene rings is 1. The first-order valence-corrected chi connectivity index (χ1v) is 9.74. The summed E-state index contributed by atoms with van der Waals surface area (Å²) >= 11 is 6.01. The maximum absolute atomic E-state index is 12.6. The third-order valence-corrected chi connectivity index (χ3v) is 5.37. The van der Waals surface area contributed by atoms with Crippen molar-refractivity contribution in [1.29, 1.82) is 5.26 Å². The van der Waals surface area contributed by atoms with E-state index in [1.54, 1.807) is 18.2 Å². The van der Waals surface area contributed by atoms with Gasteiger partial charge in [-0.25, -0.2) is 0 Å². The van der Waals surface area contributed by atoms with E-state index in [0.29, 0.717) is 10.7 Å². The Morgan fingerprint density at radius 2 is 2.18 bits per heavy atom. The lowest BCUT2D eigenvalue weighted by molar-refractivity contribution is -0.112. The molecule has 1 amide bonds. The average Bonchev–Trinajstić information content (AvgIpc) is 3.26. The predicted octanol–water partition coefficient (Wildman–Crippen LogP) is 4.79. The van der Waals surface area contributed by atoms with Gasteiger partial charge in [0.05, 0.1) is 6.10 Å². The lowest BCUT2D eigenvalue weighted by Gasteiger charge is -2.14. The highest BCUT2D eigenvalue weighted by Crippen LogP contribution is 2.24. The van der Waals surface area contributed by atoms with Crippen LogP contribution in [-0.4, -0.2) is 23.2 Å². The number of rotatable bonds is 5. The van der Waals surface area contributed by atoms with E-state index in [-0.39, 0.29) is 11.7 Å². The molecule has 2 heterocycles. The smallest absolute Gasteiger partial charge is 0.266 e. The number of halogens is 1. The molecule has 0 spiro atoms. The van der Waals surface area contributed by atoms with Crippen LogP contribution in [0.5, 0.6) is 0 Å². The number of ether oxygens (including phenoxy) is 1. The number of amides is 1. The van der Waals surface area contributed by atoms with E-state index in [1.165, 1.54) is 0 Å². The third kappa shape index (κ3) is 4.46. The summed E-state index contributed by atoms with van der Waals surface area (Å²) in [4.78, 5) is 12.6. The molecule has 1 saturated heterocycles. The van der Waals surface area contributed by atoms with Crippen molar-refractivity contribution < 1.29 is 9.53 Å². The van der Waals surface area contributed by atoms with E-state index in [4.69, 9.17) is 16.3 Å². The Bertz CT molecular complexity index is 963. The second kappa shape index (κ2) is 8.64. The molecule has 28 heavy (non-hydrogen) atoms. The van der Waals surface area contributed by atoms with Crippen LogP contribution in [0.4, 0.5) is 5.69 Å². The standard InChI is InChI=1S/C22H24ClN3O2/c1-14-6-7-19(23)11-21(14)25-22(27)18(12-24)10-17-9-15(2)26(16(17)3)13-20-5-4-8-28-20/h6-7,9-11,20H,4-5,8,13H2,1-3H3,(H,25,27)/b18-10+/t20-/m1/s1. The van der Waals surface area contributed by atoms with Crippen LogP contribution in [0.25, 0.3) is 6.08 Å². The van der Waals surface area contributed by atoms with Gasteiger partial charge in [0, 0.05) is 35.2 Å². The van der Waals surface area contributed by atoms with Gasteiger partial charge in [0.2, 0.25) is 0 Å². The normalized spacial score (nSPS) is 16.8. The summed E-state index contributed by atoms with van der Waals surface area (Å²) in [6.45, 7) is 7.52. The fraction of sp³-hybridized carbons (Fsp3) is 0.364. The van der Waals surface area contributed by atoms with Crippen LogP contribution < -0.4 is 5.32 Å². The Kier molecular flexibility index (Phi) is 6.23. The molecule has 1 aromatic heterocycles. The first-order valence-electron chi connectivity index (χ1n) is 9.36. The zero-order valence-corrected chi connectivity index (χ0v) is 17.1. The number of aryl methyl sites for hydroxylation is 2. The Hall–Kier alpha value is -2.55. The molecule has 146 valence electrons. The molecule has 1 aromatic carbocycles. The summed E-state index contributed by atoms with van der Waals surface area (Å²) in [6.07, 6.45) is 4.03. The minimum absolute atomic E-state index is 0.0525. The van der Waals surface area contributed by atoms with Gasteiger partial charge in [-0.1, -0.05) is 17.7 Å². The lowest BCUT2D eigenvalue weighted by atomic mass is 10.1. The Labute approximate surface area is 170 Å². The molecular weight excluding hydrogens is 374 g/mol. The van der Waals surface area contributed by atoms with Crippen molar-refractivity contribution >= 4 is 29.3 Å². The molecule has 2 aromatic rings. The molecule has 1 aliphatic rings. The SMILES string of the molecule is Cc1ccc(Cl)cc1NC(=O)/C(C#N)=C/c1cc(C)n(C[C@H]2CCCO2)c1C. The van der Waals surface area contributed by atoms with Crippen LogP contribution in [0.1, 0.15) is 35.4 Å². The summed E-state index contributed by atoms with van der Waals surface area (Å²) in [5.74, 6) is -0.447. The molecule has 1 fully saturated rings. The summed E-state index contributed by atoms with van der Waals surface area (Å²) in [5, 5.41) is 12.8. The lowest BCUT2D eigenvalue weighted by Crippen LogP contribution is -2.17. The predicted molar refractivity (Wildman–Crippen MR) is 111 cm³/mol. The van der Waals surface area contributed by atoms with Crippen LogP contribution in [0.3, 0.4) is 0 Å². The minimum atomic E-state index is -0.447. The van der Waals surface area contributed by atoms with Crippen LogP contribution >= 0.6 is 11.6 Å². The highest BCUT2D eigenvalue weighted by molar-refractivity contribution is 6.31. The van der Waals surface area contributed by atoms with Crippen molar-refractivity contribution in [3.8, 4) is 6.07 Å². The Balaban J connectivity index is 1.83. The maximum Gasteiger partial charge on any atom is 0.266 e. The summed E-state index contributed by atoms with van der Waals surface area (Å²) < 4.78 is 7.93. The molecule has 1 aliphatic heterocycles. The number of hydrogen-bond donors (Lipinski definition) is 1. The van der Waals surface area contributed by atoms with E-state index >= 15 is 0 Å². The van der Waals surface area contributed by atoms with Gasteiger partial charge in [0.1, 0.15) is 11.6 Å². The third-order valence-electron chi connectivity index (χ3n) is 5.14. The van der Waals surface area contributed by atoms with Gasteiger partial charge in [0.25, 0.3) is 5.91 Å². The summed E-state index contributed by atoms with van der Waals surface area (Å²) in [6, 6.07) is 9.28. The van der Waals surface area contributed by atoms with E-state index in [1.807, 2.05) is 39.0 Å². The van der Waals surface area contributed by atoms with Gasteiger partial charge >= 0.3 is 0 Å². The van der Waals surface area contributed by atoms with Crippen molar-refractivity contribution in [2.24, 2.45) is 0 Å². The number of anilines is 1. The van der Waals surface area contributed by atoms with Crippen molar-refractivity contribution in [1.82, 2.24) is 4.57 Å². The molecule has 0 unspecified atom stereocenters. The monoisotopic (exact) mass is 397 g/mol. The van der Waals surface area contributed by atoms with Crippen molar-refractivity contribution in [2.75, 3.05) is 11.9 Å². The second-order valence-corrected chi connectivity index (χ2v) is 7.59. The van der Waals surface area contributed by atoms with Crippen LogP contribution in [0, 0.1) is 32.1 Å². The van der Waals surface area contributed by atoms with Gasteiger partial charge in [-0.15, -0.1) is 0 Å². The van der Waals surface area contributed by atoms with Gasteiger partial charge in [-0.2, -0.15) is 5.26 Å². The number of aromatic nitrogens is 1. The molecule has 6 heteroatoms. The molecule has 1 N–H and O–H groups in total. The molecule has 0 saturated carbocycles.